The molecule has 0 saturated carbocycles. The fraction of sp³-hybridized carbons (Fsp3) is 0.360. The number of benzene rings is 2. The lowest BCUT2D eigenvalue weighted by Gasteiger charge is -2.19. The van der Waals surface area contributed by atoms with Crippen LogP contribution in [0.3, 0.4) is 0 Å². The molecular weight excluding hydrogens is 464 g/mol. The van der Waals surface area contributed by atoms with Crippen molar-refractivity contribution in [3.63, 3.8) is 0 Å². The molecule has 2 atom stereocenters. The Kier molecular flexibility index (Phi) is 6.13. The van der Waals surface area contributed by atoms with E-state index in [1.165, 1.54) is 9.91 Å². The van der Waals surface area contributed by atoms with Gasteiger partial charge in [-0.15, -0.1) is 0 Å². The van der Waals surface area contributed by atoms with Crippen LogP contribution in [-0.4, -0.2) is 52.8 Å². The van der Waals surface area contributed by atoms with Crippen LogP contribution in [-0.2, 0) is 16.1 Å². The van der Waals surface area contributed by atoms with E-state index in [0.29, 0.717) is 41.1 Å². The number of hydrogen-bond donors (Lipinski definition) is 0. The molecule has 3 aromatic rings. The minimum absolute atomic E-state index is 0.0327. The van der Waals surface area contributed by atoms with E-state index in [9.17, 15) is 9.59 Å². The van der Waals surface area contributed by atoms with E-state index in [4.69, 9.17) is 14.0 Å². The van der Waals surface area contributed by atoms with Gasteiger partial charge >= 0.3 is 0 Å². The zero-order valence-corrected chi connectivity index (χ0v) is 20.4. The number of carbonyl (C=O) groups is 2. The predicted octanol–water partition coefficient (Wildman–Crippen LogP) is 3.76. The van der Waals surface area contributed by atoms with Crippen LogP contribution in [0.25, 0.3) is 11.4 Å². The van der Waals surface area contributed by atoms with Crippen LogP contribution in [0.2, 0.25) is 0 Å². The van der Waals surface area contributed by atoms with Crippen molar-refractivity contribution in [3.05, 3.63) is 53.9 Å². The molecule has 1 fully saturated rings. The first-order valence-electron chi connectivity index (χ1n) is 11.7. The van der Waals surface area contributed by atoms with Crippen LogP contribution >= 0.6 is 0 Å². The molecule has 2 aliphatic rings. The highest BCUT2D eigenvalue weighted by atomic mass is 16.5. The molecule has 0 radical (unpaired) electrons. The number of amides is 2. The van der Waals surface area contributed by atoms with Crippen molar-refractivity contribution in [2.75, 3.05) is 18.6 Å². The Bertz CT molecular complexity index is 1320. The predicted molar refractivity (Wildman–Crippen MR) is 128 cm³/mol. The van der Waals surface area contributed by atoms with Crippen molar-refractivity contribution in [2.24, 2.45) is 10.3 Å². The zero-order valence-electron chi connectivity index (χ0n) is 20.4. The summed E-state index contributed by atoms with van der Waals surface area (Å²) < 4.78 is 16.3. The molecule has 2 aromatic carbocycles. The Morgan fingerprint density at radius 2 is 1.83 bits per heavy atom. The van der Waals surface area contributed by atoms with Crippen molar-refractivity contribution < 1.29 is 23.6 Å². The second-order valence-electron chi connectivity index (χ2n) is 8.76. The summed E-state index contributed by atoms with van der Waals surface area (Å²) in [5.41, 5.74) is 2.31. The minimum Gasteiger partial charge on any atom is -0.493 e. The van der Waals surface area contributed by atoms with Crippen molar-refractivity contribution >= 4 is 17.5 Å². The van der Waals surface area contributed by atoms with Gasteiger partial charge in [-0.1, -0.05) is 36.4 Å². The van der Waals surface area contributed by atoms with Gasteiger partial charge in [-0.05, 0) is 48.7 Å². The van der Waals surface area contributed by atoms with Crippen LogP contribution < -0.4 is 14.4 Å². The van der Waals surface area contributed by atoms with Gasteiger partial charge in [0.15, 0.2) is 23.6 Å². The first-order valence-corrected chi connectivity index (χ1v) is 11.7. The third kappa shape index (κ3) is 4.06. The van der Waals surface area contributed by atoms with Gasteiger partial charge in [0.2, 0.25) is 11.7 Å². The molecule has 1 saturated heterocycles. The SMILES string of the molecule is CCOc1ccc(-c2noc(CN3N=NC4C(=O)N(c5ccc(C(C)C)cc5)C(=O)C43)n2)cc1OC. The lowest BCUT2D eigenvalue weighted by Crippen LogP contribution is -2.39. The first kappa shape index (κ1) is 23.5. The van der Waals surface area contributed by atoms with Gasteiger partial charge in [-0.25, -0.2) is 4.90 Å². The van der Waals surface area contributed by atoms with Gasteiger partial charge in [0.05, 0.1) is 19.4 Å². The molecular formula is C25H26N6O5. The second-order valence-corrected chi connectivity index (χ2v) is 8.76. The van der Waals surface area contributed by atoms with E-state index in [0.717, 1.165) is 5.56 Å². The number of aromatic nitrogens is 2. The van der Waals surface area contributed by atoms with Gasteiger partial charge in [-0.2, -0.15) is 10.1 Å². The Hall–Kier alpha value is -4.28. The molecule has 1 aromatic heterocycles. The fourth-order valence-corrected chi connectivity index (χ4v) is 4.27. The lowest BCUT2D eigenvalue weighted by molar-refractivity contribution is -0.123. The lowest BCUT2D eigenvalue weighted by atomic mass is 10.0. The smallest absolute Gasteiger partial charge is 0.263 e. The Balaban J connectivity index is 1.32. The summed E-state index contributed by atoms with van der Waals surface area (Å²) in [7, 11) is 1.56. The van der Waals surface area contributed by atoms with Gasteiger partial charge in [0.1, 0.15) is 6.54 Å². The van der Waals surface area contributed by atoms with E-state index in [1.807, 2.05) is 19.1 Å². The topological polar surface area (TPSA) is 123 Å². The van der Waals surface area contributed by atoms with Gasteiger partial charge in [0.25, 0.3) is 11.8 Å². The van der Waals surface area contributed by atoms with E-state index >= 15 is 0 Å². The van der Waals surface area contributed by atoms with Crippen LogP contribution in [0.5, 0.6) is 11.5 Å². The van der Waals surface area contributed by atoms with Crippen molar-refractivity contribution in [3.8, 4) is 22.9 Å². The Morgan fingerprint density at radius 3 is 2.53 bits per heavy atom. The summed E-state index contributed by atoms with van der Waals surface area (Å²) in [6.45, 7) is 6.60. The number of imide groups is 1. The van der Waals surface area contributed by atoms with Crippen LogP contribution in [0.15, 0.2) is 57.3 Å². The molecule has 36 heavy (non-hydrogen) atoms. The Labute approximate surface area is 207 Å². The molecule has 2 unspecified atom stereocenters. The largest absolute Gasteiger partial charge is 0.493 e. The average Bonchev–Trinajstić information content (AvgIpc) is 3.57. The normalized spacial score (nSPS) is 18.9. The maximum atomic E-state index is 13.3. The molecule has 0 spiro atoms. The monoisotopic (exact) mass is 490 g/mol. The number of nitrogens with zero attached hydrogens (tertiary/aromatic N) is 6. The number of anilines is 1. The summed E-state index contributed by atoms with van der Waals surface area (Å²) in [6.07, 6.45) is 0. The molecule has 0 bridgehead atoms. The van der Waals surface area contributed by atoms with Crippen LogP contribution in [0.1, 0.15) is 38.1 Å². The van der Waals surface area contributed by atoms with Crippen LogP contribution in [0, 0.1) is 0 Å². The summed E-state index contributed by atoms with van der Waals surface area (Å²) in [4.78, 5) is 31.8. The molecule has 0 N–H and O–H groups in total. The molecule has 186 valence electrons. The van der Waals surface area contributed by atoms with Crippen molar-refractivity contribution in [1.29, 1.82) is 0 Å². The third-order valence-electron chi connectivity index (χ3n) is 6.16. The fourth-order valence-electron chi connectivity index (χ4n) is 4.27. The zero-order chi connectivity index (χ0) is 25.4. The maximum Gasteiger partial charge on any atom is 0.263 e. The second kappa shape index (κ2) is 9.40. The minimum atomic E-state index is -0.903. The highest BCUT2D eigenvalue weighted by Gasteiger charge is 2.55. The van der Waals surface area contributed by atoms with E-state index in [-0.39, 0.29) is 18.3 Å². The van der Waals surface area contributed by atoms with Crippen molar-refractivity contribution in [1.82, 2.24) is 15.1 Å². The average molecular weight is 491 g/mol. The number of methoxy groups -OCH3 is 1. The molecule has 11 heteroatoms. The van der Waals surface area contributed by atoms with Gasteiger partial charge in [0, 0.05) is 5.56 Å². The highest BCUT2D eigenvalue weighted by Crippen LogP contribution is 2.34. The van der Waals surface area contributed by atoms with Crippen molar-refractivity contribution in [2.45, 2.75) is 45.3 Å². The quantitative estimate of drug-likeness (QED) is 0.438. The maximum absolute atomic E-state index is 13.3. The third-order valence-corrected chi connectivity index (χ3v) is 6.16. The first-order chi connectivity index (χ1) is 17.4. The molecule has 2 aliphatic heterocycles. The molecule has 0 aliphatic carbocycles. The summed E-state index contributed by atoms with van der Waals surface area (Å²) in [6, 6.07) is 11.0. The van der Waals surface area contributed by atoms with Gasteiger partial charge < -0.3 is 14.0 Å². The summed E-state index contributed by atoms with van der Waals surface area (Å²) >= 11 is 0. The van der Waals surface area contributed by atoms with E-state index in [1.54, 1.807) is 37.4 Å². The Morgan fingerprint density at radius 1 is 1.06 bits per heavy atom. The standard InChI is InChI=1S/C25H26N6O5/c1-5-35-18-11-8-16(12-19(18)34-4)23-26-20(36-28-23)13-30-22-21(27-29-30)24(32)31(25(22)33)17-9-6-15(7-10-17)14(2)3/h6-12,14,21-22H,5,13H2,1-4H3. The molecule has 11 nitrogen and oxygen atoms in total. The van der Waals surface area contributed by atoms with E-state index < -0.39 is 18.0 Å². The summed E-state index contributed by atoms with van der Waals surface area (Å²) in [5.74, 6) is 1.30. The van der Waals surface area contributed by atoms with Crippen LogP contribution in [0.4, 0.5) is 5.69 Å². The number of fused-ring (bicyclic) bond motifs is 1. The van der Waals surface area contributed by atoms with Gasteiger partial charge in [-0.3, -0.25) is 14.6 Å². The molecule has 3 heterocycles. The number of ether oxygens (including phenoxy) is 2. The number of hydrogen-bond acceptors (Lipinski definition) is 10. The molecule has 5 rings (SSSR count). The summed E-state index contributed by atoms with van der Waals surface area (Å²) in [5, 5.41) is 13.6. The van der Waals surface area contributed by atoms with E-state index in [2.05, 4.69) is 34.3 Å². The molecule has 2 amide bonds. The number of carbonyl (C=O) groups excluding carboxylic acids is 2. The highest BCUT2D eigenvalue weighted by molar-refractivity contribution is 6.25. The number of rotatable bonds is 8.